The van der Waals surface area contributed by atoms with Crippen molar-refractivity contribution in [3.8, 4) is 0 Å². The Hall–Kier alpha value is -3.90. The minimum Gasteiger partial charge on any atom is -0.477 e. The number of anilines is 3. The van der Waals surface area contributed by atoms with E-state index in [1.165, 1.54) is 17.8 Å². The van der Waals surface area contributed by atoms with E-state index in [1.807, 2.05) is 0 Å². The number of nitrogen functional groups attached to an aromatic ring is 3. The molecule has 35 heavy (non-hydrogen) atoms. The topological polar surface area (TPSA) is 249 Å². The average Bonchev–Trinajstić information content (AvgIpc) is 3.22. The van der Waals surface area contributed by atoms with Crippen molar-refractivity contribution in [2.75, 3.05) is 23.0 Å². The van der Waals surface area contributed by atoms with E-state index in [9.17, 15) is 24.7 Å². The molecular formula is C17H16N10O5S3. The molecule has 2 aromatic rings. The van der Waals surface area contributed by atoms with Crippen LogP contribution in [0.3, 0.4) is 0 Å². The summed E-state index contributed by atoms with van der Waals surface area (Å²) in [6.45, 7) is 0. The normalized spacial score (nSPS) is 20.1. The monoisotopic (exact) mass is 536 g/mol. The maximum atomic E-state index is 12.8. The summed E-state index contributed by atoms with van der Waals surface area (Å²) < 4.78 is 3.80. The average molecular weight is 537 g/mol. The Morgan fingerprint density at radius 1 is 1.29 bits per heavy atom. The predicted molar refractivity (Wildman–Crippen MR) is 128 cm³/mol. The van der Waals surface area contributed by atoms with E-state index in [-0.39, 0.29) is 34.2 Å². The largest absolute Gasteiger partial charge is 0.477 e. The van der Waals surface area contributed by atoms with Gasteiger partial charge in [-0.05, 0) is 17.1 Å². The predicted octanol–water partition coefficient (Wildman–Crippen LogP) is -0.702. The molecule has 0 unspecified atom stereocenters. The zero-order valence-corrected chi connectivity index (χ0v) is 19.8. The number of carbonyl (C=O) groups is 3. The molecule has 182 valence electrons. The van der Waals surface area contributed by atoms with Crippen LogP contribution < -0.4 is 22.5 Å². The second-order valence-electron chi connectivity index (χ2n) is 6.85. The van der Waals surface area contributed by atoms with Gasteiger partial charge in [0.05, 0.1) is 0 Å². The van der Waals surface area contributed by atoms with Crippen molar-refractivity contribution in [2.24, 2.45) is 5.16 Å². The third kappa shape index (κ3) is 4.84. The van der Waals surface area contributed by atoms with Crippen molar-refractivity contribution in [3.63, 3.8) is 0 Å². The van der Waals surface area contributed by atoms with E-state index in [0.717, 1.165) is 28.2 Å². The summed E-state index contributed by atoms with van der Waals surface area (Å²) in [7, 11) is 0. The number of carbonyl (C=O) groups excluding carboxylic acids is 2. The number of hydrogen-bond donors (Lipinski definition) is 6. The Balaban J connectivity index is 1.48. The number of β-lactam (4-membered cyclic amide) rings is 1. The summed E-state index contributed by atoms with van der Waals surface area (Å²) in [4.78, 5) is 50.0. The lowest BCUT2D eigenvalue weighted by Crippen LogP contribution is -2.71. The number of hydrogen-bond acceptors (Lipinski definition) is 15. The van der Waals surface area contributed by atoms with Crippen LogP contribution in [0.4, 0.5) is 16.9 Å². The molecule has 1 fully saturated rings. The standard InChI is InChI=1S/C17H16N10O5S3/c18-6-3-7(22-16(19)21-6)33-2-1-5-4-34-14-9(13(29)27(14)10(5)15(30)31)23-12(28)8(25-32)11-24-17(20)35-26-11/h1-3,9,14,32H,4H2,(H,23,28)(H,30,31)(H2,20,24,26)(H4,18,19,21,22)/b2-1+,25-8?/t9-,14-/m1/s1. The summed E-state index contributed by atoms with van der Waals surface area (Å²) in [5.74, 6) is -2.59. The summed E-state index contributed by atoms with van der Waals surface area (Å²) in [5, 5.41) is 25.7. The third-order valence-corrected chi connectivity index (χ3v) is 7.22. The Morgan fingerprint density at radius 3 is 2.69 bits per heavy atom. The van der Waals surface area contributed by atoms with Crippen LogP contribution in [0.2, 0.25) is 0 Å². The molecule has 2 aliphatic heterocycles. The fourth-order valence-corrected chi connectivity index (χ4v) is 5.67. The van der Waals surface area contributed by atoms with Gasteiger partial charge in [-0.1, -0.05) is 16.9 Å². The van der Waals surface area contributed by atoms with Crippen LogP contribution in [0, 0.1) is 0 Å². The molecule has 0 aliphatic carbocycles. The highest BCUT2D eigenvalue weighted by Crippen LogP contribution is 2.41. The van der Waals surface area contributed by atoms with E-state index < -0.39 is 34.9 Å². The first-order chi connectivity index (χ1) is 16.7. The molecular weight excluding hydrogens is 520 g/mol. The number of rotatable bonds is 7. The summed E-state index contributed by atoms with van der Waals surface area (Å²) in [6.07, 6.45) is 1.56. The number of carboxylic acid groups (broad SMARTS) is 1. The number of nitrogens with one attached hydrogen (secondary N) is 1. The number of nitrogens with zero attached hydrogens (tertiary/aromatic N) is 6. The van der Waals surface area contributed by atoms with Gasteiger partial charge in [-0.2, -0.15) is 14.3 Å². The van der Waals surface area contributed by atoms with Crippen LogP contribution in [0.5, 0.6) is 0 Å². The van der Waals surface area contributed by atoms with Gasteiger partial charge in [0.1, 0.15) is 28.0 Å². The second kappa shape index (κ2) is 9.76. The minimum atomic E-state index is -1.30. The van der Waals surface area contributed by atoms with Crippen molar-refractivity contribution in [1.29, 1.82) is 0 Å². The Kier molecular flexibility index (Phi) is 6.76. The molecule has 0 radical (unpaired) electrons. The first-order valence-electron chi connectivity index (χ1n) is 9.46. The number of aromatic nitrogens is 4. The van der Waals surface area contributed by atoms with Gasteiger partial charge in [0, 0.05) is 23.4 Å². The molecule has 15 nitrogen and oxygen atoms in total. The van der Waals surface area contributed by atoms with Gasteiger partial charge in [-0.25, -0.2) is 9.78 Å². The van der Waals surface area contributed by atoms with Gasteiger partial charge >= 0.3 is 5.97 Å². The van der Waals surface area contributed by atoms with Gasteiger partial charge in [0.2, 0.25) is 17.5 Å². The van der Waals surface area contributed by atoms with Crippen molar-refractivity contribution >= 4 is 75.4 Å². The van der Waals surface area contributed by atoms with E-state index in [0.29, 0.717) is 10.6 Å². The number of allylic oxidation sites excluding steroid dienone is 1. The van der Waals surface area contributed by atoms with Gasteiger partial charge in [0.25, 0.3) is 11.8 Å². The van der Waals surface area contributed by atoms with Crippen LogP contribution in [-0.4, -0.2) is 75.2 Å². The molecule has 4 rings (SSSR count). The maximum absolute atomic E-state index is 12.8. The van der Waals surface area contributed by atoms with Gasteiger partial charge < -0.3 is 32.8 Å². The minimum absolute atomic E-state index is 0.00472. The van der Waals surface area contributed by atoms with E-state index in [2.05, 4.69) is 29.8 Å². The number of aliphatic carboxylic acids is 1. The van der Waals surface area contributed by atoms with E-state index >= 15 is 0 Å². The van der Waals surface area contributed by atoms with Crippen molar-refractivity contribution in [2.45, 2.75) is 16.4 Å². The number of thioether (sulfide) groups is 2. The van der Waals surface area contributed by atoms with Gasteiger partial charge in [-0.3, -0.25) is 14.5 Å². The third-order valence-electron chi connectivity index (χ3n) is 4.65. The summed E-state index contributed by atoms with van der Waals surface area (Å²) in [6, 6.07) is 0.469. The lowest BCUT2D eigenvalue weighted by molar-refractivity contribution is -0.150. The fraction of sp³-hybridized carbons (Fsp3) is 0.176. The van der Waals surface area contributed by atoms with Crippen LogP contribution in [0.25, 0.3) is 0 Å². The Bertz CT molecular complexity index is 1290. The zero-order chi connectivity index (χ0) is 25.3. The summed E-state index contributed by atoms with van der Waals surface area (Å²) >= 11 is 3.20. The molecule has 0 saturated carbocycles. The number of oxime groups is 1. The SMILES string of the molecule is Nc1cc(S/C=C/C2=C(C(=O)O)N3C(=O)[C@@H](NC(=O)C(=NO)c4nsc(N)n4)[C@H]3SC2)nc(N)n1. The second-order valence-corrected chi connectivity index (χ2v) is 9.67. The molecule has 0 aromatic carbocycles. The molecule has 0 bridgehead atoms. The summed E-state index contributed by atoms with van der Waals surface area (Å²) in [5.41, 5.74) is 16.3. The highest BCUT2D eigenvalue weighted by atomic mass is 32.2. The molecule has 4 heterocycles. The number of fused-ring (bicyclic) bond motifs is 1. The van der Waals surface area contributed by atoms with Crippen molar-refractivity contribution in [3.05, 3.63) is 34.6 Å². The van der Waals surface area contributed by atoms with E-state index in [1.54, 1.807) is 11.5 Å². The van der Waals surface area contributed by atoms with Crippen LogP contribution >= 0.6 is 35.1 Å². The molecule has 18 heteroatoms. The van der Waals surface area contributed by atoms with Gasteiger partial charge in [0.15, 0.2) is 5.13 Å². The van der Waals surface area contributed by atoms with E-state index in [4.69, 9.17) is 17.2 Å². The first-order valence-corrected chi connectivity index (χ1v) is 12.2. The van der Waals surface area contributed by atoms with Crippen LogP contribution in [0.15, 0.2) is 39.0 Å². The lowest BCUT2D eigenvalue weighted by atomic mass is 10.0. The molecule has 2 amide bonds. The number of carboxylic acids is 1. The molecule has 2 aliphatic rings. The lowest BCUT2D eigenvalue weighted by Gasteiger charge is -2.49. The Labute approximate surface area is 208 Å². The molecule has 2 atom stereocenters. The first kappa shape index (κ1) is 24.2. The molecule has 0 spiro atoms. The maximum Gasteiger partial charge on any atom is 0.352 e. The van der Waals surface area contributed by atoms with Crippen molar-refractivity contribution in [1.82, 2.24) is 29.5 Å². The highest BCUT2D eigenvalue weighted by Gasteiger charge is 2.54. The number of amides is 2. The fourth-order valence-electron chi connectivity index (χ4n) is 3.21. The highest BCUT2D eigenvalue weighted by molar-refractivity contribution is 8.02. The van der Waals surface area contributed by atoms with Gasteiger partial charge in [-0.15, -0.1) is 11.8 Å². The van der Waals surface area contributed by atoms with Crippen molar-refractivity contribution < 1.29 is 24.7 Å². The molecule has 2 aromatic heterocycles. The smallest absolute Gasteiger partial charge is 0.352 e. The Morgan fingerprint density at radius 2 is 2.06 bits per heavy atom. The van der Waals surface area contributed by atoms with Crippen LogP contribution in [-0.2, 0) is 14.4 Å². The molecule has 1 saturated heterocycles. The van der Waals surface area contributed by atoms with Crippen LogP contribution in [0.1, 0.15) is 5.82 Å². The quantitative estimate of drug-likeness (QED) is 0.0639. The zero-order valence-electron chi connectivity index (χ0n) is 17.4. The molecule has 9 N–H and O–H groups in total. The number of nitrogens with two attached hydrogens (primary N) is 3.